The zero-order chi connectivity index (χ0) is 10.7. The number of nitrogens with one attached hydrogen (secondary N) is 2. The van der Waals surface area contributed by atoms with Gasteiger partial charge in [0.15, 0.2) is 0 Å². The van der Waals surface area contributed by atoms with Crippen LogP contribution in [0.15, 0.2) is 12.3 Å². The lowest BCUT2D eigenvalue weighted by molar-refractivity contribution is -0.126. The van der Waals surface area contributed by atoms with E-state index in [2.05, 4.69) is 15.7 Å². The van der Waals surface area contributed by atoms with E-state index < -0.39 is 0 Å². The number of rotatable bonds is 4. The first-order valence-corrected chi connectivity index (χ1v) is 5.22. The van der Waals surface area contributed by atoms with Crippen LogP contribution in [0.25, 0.3) is 0 Å². The van der Waals surface area contributed by atoms with Gasteiger partial charge in [-0.1, -0.05) is 0 Å². The van der Waals surface area contributed by atoms with Crippen molar-refractivity contribution in [3.05, 3.63) is 18.0 Å². The van der Waals surface area contributed by atoms with E-state index in [4.69, 9.17) is 0 Å². The fourth-order valence-electron chi connectivity index (χ4n) is 1.58. The minimum Gasteiger partial charge on any atom is -0.355 e. The highest BCUT2D eigenvalue weighted by Gasteiger charge is 2.24. The number of aryl methyl sites for hydroxylation is 1. The molecule has 0 bridgehead atoms. The third-order valence-corrected chi connectivity index (χ3v) is 2.76. The minimum atomic E-state index is 0.163. The topological polar surface area (TPSA) is 59.0 Å². The van der Waals surface area contributed by atoms with Crippen LogP contribution in [-0.4, -0.2) is 35.3 Å². The number of hydrogen-bond acceptors (Lipinski definition) is 3. The molecule has 0 atom stereocenters. The summed E-state index contributed by atoms with van der Waals surface area (Å²) in [7, 11) is 1.91. The van der Waals surface area contributed by atoms with Crippen molar-refractivity contribution in [1.29, 1.82) is 0 Å². The van der Waals surface area contributed by atoms with Gasteiger partial charge < -0.3 is 10.6 Å². The lowest BCUT2D eigenvalue weighted by Gasteiger charge is -2.25. The molecule has 1 aliphatic rings. The molecule has 15 heavy (non-hydrogen) atoms. The van der Waals surface area contributed by atoms with E-state index in [1.807, 2.05) is 17.8 Å². The summed E-state index contributed by atoms with van der Waals surface area (Å²) >= 11 is 0. The van der Waals surface area contributed by atoms with Crippen LogP contribution in [0, 0.1) is 5.92 Å². The largest absolute Gasteiger partial charge is 0.355 e. The Hall–Kier alpha value is -1.36. The molecule has 0 aliphatic carbocycles. The van der Waals surface area contributed by atoms with Crippen LogP contribution in [0.5, 0.6) is 0 Å². The number of hydrogen-bond donors (Lipinski definition) is 2. The fourth-order valence-corrected chi connectivity index (χ4v) is 1.58. The van der Waals surface area contributed by atoms with E-state index in [-0.39, 0.29) is 11.8 Å². The second-order valence-electron chi connectivity index (χ2n) is 3.84. The van der Waals surface area contributed by atoms with Gasteiger partial charge in [0.25, 0.3) is 0 Å². The predicted molar refractivity (Wildman–Crippen MR) is 56.3 cm³/mol. The molecule has 2 heterocycles. The maximum absolute atomic E-state index is 11.5. The van der Waals surface area contributed by atoms with Crippen molar-refractivity contribution in [2.45, 2.75) is 6.42 Å². The van der Waals surface area contributed by atoms with Crippen molar-refractivity contribution in [2.24, 2.45) is 13.0 Å². The quantitative estimate of drug-likeness (QED) is 0.688. The Morgan fingerprint density at radius 3 is 3.07 bits per heavy atom. The van der Waals surface area contributed by atoms with E-state index in [9.17, 15) is 4.79 Å². The maximum Gasteiger partial charge on any atom is 0.225 e. The van der Waals surface area contributed by atoms with Gasteiger partial charge in [0.1, 0.15) is 0 Å². The Morgan fingerprint density at radius 2 is 2.53 bits per heavy atom. The molecule has 0 unspecified atom stereocenters. The standard InChI is InChI=1S/C10H16N4O/c1-14-9(3-5-13-14)2-4-12-10(15)8-6-11-7-8/h3,5,8,11H,2,4,6-7H2,1H3,(H,12,15). The summed E-state index contributed by atoms with van der Waals surface area (Å²) in [6.45, 7) is 2.32. The smallest absolute Gasteiger partial charge is 0.225 e. The van der Waals surface area contributed by atoms with Gasteiger partial charge in [0, 0.05) is 45.0 Å². The molecule has 5 nitrogen and oxygen atoms in total. The molecule has 1 aromatic rings. The van der Waals surface area contributed by atoms with Gasteiger partial charge in [-0.2, -0.15) is 5.10 Å². The molecule has 0 aromatic carbocycles. The summed E-state index contributed by atoms with van der Waals surface area (Å²) < 4.78 is 1.83. The normalized spacial score (nSPS) is 16.1. The van der Waals surface area contributed by atoms with Crippen LogP contribution in [-0.2, 0) is 18.3 Å². The van der Waals surface area contributed by atoms with Crippen molar-refractivity contribution in [3.8, 4) is 0 Å². The number of carbonyl (C=O) groups is 1. The van der Waals surface area contributed by atoms with Crippen molar-refractivity contribution < 1.29 is 4.79 Å². The fraction of sp³-hybridized carbons (Fsp3) is 0.600. The summed E-state index contributed by atoms with van der Waals surface area (Å²) in [4.78, 5) is 11.5. The Labute approximate surface area is 88.8 Å². The van der Waals surface area contributed by atoms with Crippen molar-refractivity contribution >= 4 is 5.91 Å². The number of aromatic nitrogens is 2. The molecular formula is C10H16N4O. The van der Waals surface area contributed by atoms with Gasteiger partial charge in [-0.15, -0.1) is 0 Å². The molecule has 0 saturated carbocycles. The Balaban J connectivity index is 1.70. The zero-order valence-electron chi connectivity index (χ0n) is 8.86. The van der Waals surface area contributed by atoms with Crippen LogP contribution >= 0.6 is 0 Å². The average molecular weight is 208 g/mol. The van der Waals surface area contributed by atoms with Crippen LogP contribution < -0.4 is 10.6 Å². The summed E-state index contributed by atoms with van der Waals surface area (Å²) in [5.41, 5.74) is 1.14. The molecular weight excluding hydrogens is 192 g/mol. The van der Waals surface area contributed by atoms with Crippen LogP contribution in [0.2, 0.25) is 0 Å². The van der Waals surface area contributed by atoms with Crippen LogP contribution in [0.1, 0.15) is 5.69 Å². The first kappa shape index (κ1) is 10.2. The molecule has 5 heteroatoms. The Bertz CT molecular complexity index is 343. The first-order valence-electron chi connectivity index (χ1n) is 5.22. The third kappa shape index (κ3) is 2.36. The lowest BCUT2D eigenvalue weighted by Crippen LogP contribution is -2.51. The van der Waals surface area contributed by atoms with Crippen LogP contribution in [0.4, 0.5) is 0 Å². The number of amides is 1. The second kappa shape index (κ2) is 4.44. The summed E-state index contributed by atoms with van der Waals surface area (Å²) in [5.74, 6) is 0.340. The molecule has 0 radical (unpaired) electrons. The lowest BCUT2D eigenvalue weighted by atomic mass is 10.0. The number of nitrogens with zero attached hydrogens (tertiary/aromatic N) is 2. The SMILES string of the molecule is Cn1nccc1CCNC(=O)C1CNC1. The minimum absolute atomic E-state index is 0.163. The molecule has 1 aliphatic heterocycles. The molecule has 1 amide bonds. The van der Waals surface area contributed by atoms with Gasteiger partial charge in [0.2, 0.25) is 5.91 Å². The highest BCUT2D eigenvalue weighted by atomic mass is 16.2. The van der Waals surface area contributed by atoms with E-state index in [1.165, 1.54) is 0 Å². The number of carbonyl (C=O) groups excluding carboxylic acids is 1. The third-order valence-electron chi connectivity index (χ3n) is 2.76. The molecule has 2 rings (SSSR count). The van der Waals surface area contributed by atoms with E-state index >= 15 is 0 Å². The first-order chi connectivity index (χ1) is 7.27. The van der Waals surface area contributed by atoms with Gasteiger partial charge >= 0.3 is 0 Å². The monoisotopic (exact) mass is 208 g/mol. The Morgan fingerprint density at radius 1 is 1.73 bits per heavy atom. The van der Waals surface area contributed by atoms with Gasteiger partial charge in [0.05, 0.1) is 5.92 Å². The zero-order valence-corrected chi connectivity index (χ0v) is 8.86. The second-order valence-corrected chi connectivity index (χ2v) is 3.84. The van der Waals surface area contributed by atoms with Crippen LogP contribution in [0.3, 0.4) is 0 Å². The predicted octanol–water partition coefficient (Wildman–Crippen LogP) is -0.702. The van der Waals surface area contributed by atoms with E-state index in [0.29, 0.717) is 6.54 Å². The van der Waals surface area contributed by atoms with Gasteiger partial charge in [-0.05, 0) is 6.07 Å². The maximum atomic E-state index is 11.5. The van der Waals surface area contributed by atoms with Crippen molar-refractivity contribution in [2.75, 3.05) is 19.6 Å². The molecule has 1 fully saturated rings. The summed E-state index contributed by atoms with van der Waals surface area (Å²) in [5, 5.41) is 10.1. The van der Waals surface area contributed by atoms with Crippen molar-refractivity contribution in [3.63, 3.8) is 0 Å². The summed E-state index contributed by atoms with van der Waals surface area (Å²) in [6.07, 6.45) is 2.61. The molecule has 1 aromatic heterocycles. The van der Waals surface area contributed by atoms with E-state index in [0.717, 1.165) is 25.2 Å². The van der Waals surface area contributed by atoms with E-state index in [1.54, 1.807) is 6.20 Å². The van der Waals surface area contributed by atoms with Gasteiger partial charge in [-0.25, -0.2) is 0 Å². The highest BCUT2D eigenvalue weighted by Crippen LogP contribution is 2.02. The molecule has 82 valence electrons. The summed E-state index contributed by atoms with van der Waals surface area (Å²) in [6, 6.07) is 1.97. The average Bonchev–Trinajstić information content (AvgIpc) is 2.49. The Kier molecular flexibility index (Phi) is 3.01. The van der Waals surface area contributed by atoms with Crippen molar-refractivity contribution in [1.82, 2.24) is 20.4 Å². The highest BCUT2D eigenvalue weighted by molar-refractivity contribution is 5.79. The van der Waals surface area contributed by atoms with Gasteiger partial charge in [-0.3, -0.25) is 9.48 Å². The molecule has 0 spiro atoms. The molecule has 1 saturated heterocycles. The molecule has 2 N–H and O–H groups in total.